The number of carbonyl (C=O) groups is 1. The summed E-state index contributed by atoms with van der Waals surface area (Å²) in [6.45, 7) is 1.37. The molecular formula is C16H22BrNO3. The Labute approximate surface area is 134 Å². The van der Waals surface area contributed by atoms with Crippen LogP contribution in [0.5, 0.6) is 5.75 Å². The van der Waals surface area contributed by atoms with Gasteiger partial charge in [0.25, 0.3) is 0 Å². The summed E-state index contributed by atoms with van der Waals surface area (Å²) in [4.78, 5) is 14.7. The van der Waals surface area contributed by atoms with Gasteiger partial charge in [-0.1, -0.05) is 6.42 Å². The van der Waals surface area contributed by atoms with Gasteiger partial charge in [-0.3, -0.25) is 9.69 Å². The molecule has 0 saturated heterocycles. The van der Waals surface area contributed by atoms with Crippen LogP contribution in [0, 0.1) is 0 Å². The quantitative estimate of drug-likeness (QED) is 0.728. The number of Topliss-reactive ketones (excluding diaryl/α,β-unsaturated/α-hetero) is 1. The predicted molar refractivity (Wildman–Crippen MR) is 85.9 cm³/mol. The van der Waals surface area contributed by atoms with Gasteiger partial charge in [0, 0.05) is 24.8 Å². The zero-order chi connectivity index (χ0) is 15.2. The van der Waals surface area contributed by atoms with E-state index in [2.05, 4.69) is 20.8 Å². The Morgan fingerprint density at radius 2 is 2.24 bits per heavy atom. The molecule has 0 unspecified atom stereocenters. The van der Waals surface area contributed by atoms with E-state index in [1.54, 1.807) is 19.2 Å². The number of benzene rings is 1. The molecule has 1 fully saturated rings. The third-order valence-corrected chi connectivity index (χ3v) is 4.63. The highest BCUT2D eigenvalue weighted by Gasteiger charge is 2.26. The summed E-state index contributed by atoms with van der Waals surface area (Å²) in [6, 6.07) is 5.92. The standard InChI is InChI=1S/C16H22BrNO3/c1-21-16-7-6-12(10-14(16)17)15(20)11-18(8-3-9-19)13-4-2-5-13/h6-7,10,13,19H,2-5,8-9,11H2,1H3. The molecule has 1 aliphatic carbocycles. The monoisotopic (exact) mass is 355 g/mol. The summed E-state index contributed by atoms with van der Waals surface area (Å²) in [5.41, 5.74) is 0.691. The molecule has 0 atom stereocenters. The summed E-state index contributed by atoms with van der Waals surface area (Å²) >= 11 is 3.41. The number of ketones is 1. The van der Waals surface area contributed by atoms with Gasteiger partial charge in [0.05, 0.1) is 18.1 Å². The second-order valence-electron chi connectivity index (χ2n) is 5.40. The lowest BCUT2D eigenvalue weighted by atomic mass is 9.91. The van der Waals surface area contributed by atoms with Gasteiger partial charge >= 0.3 is 0 Å². The number of aliphatic hydroxyl groups is 1. The van der Waals surface area contributed by atoms with Crippen LogP contribution in [-0.4, -0.2) is 48.6 Å². The Morgan fingerprint density at radius 1 is 1.48 bits per heavy atom. The molecule has 1 saturated carbocycles. The van der Waals surface area contributed by atoms with Gasteiger partial charge in [-0.25, -0.2) is 0 Å². The van der Waals surface area contributed by atoms with Gasteiger partial charge in [-0.15, -0.1) is 0 Å². The number of ether oxygens (including phenoxy) is 1. The number of rotatable bonds is 8. The van der Waals surface area contributed by atoms with Gasteiger partial charge in [0.15, 0.2) is 5.78 Å². The van der Waals surface area contributed by atoms with E-state index >= 15 is 0 Å². The van der Waals surface area contributed by atoms with Crippen molar-refractivity contribution in [1.82, 2.24) is 4.90 Å². The fourth-order valence-corrected chi connectivity index (χ4v) is 3.07. The number of halogens is 1. The predicted octanol–water partition coefficient (Wildman–Crippen LogP) is 2.88. The van der Waals surface area contributed by atoms with Gasteiger partial charge in [0.2, 0.25) is 0 Å². The average molecular weight is 356 g/mol. The van der Waals surface area contributed by atoms with Crippen molar-refractivity contribution in [1.29, 1.82) is 0 Å². The molecule has 0 bridgehead atoms. The molecule has 0 aromatic heterocycles. The first-order valence-corrected chi connectivity index (χ1v) is 8.16. The first-order valence-electron chi connectivity index (χ1n) is 7.37. The summed E-state index contributed by atoms with van der Waals surface area (Å²) in [5.74, 6) is 0.839. The highest BCUT2D eigenvalue weighted by atomic mass is 79.9. The van der Waals surface area contributed by atoms with Crippen molar-refractivity contribution >= 4 is 21.7 Å². The minimum Gasteiger partial charge on any atom is -0.496 e. The first kappa shape index (κ1) is 16.5. The van der Waals surface area contributed by atoms with Crippen molar-refractivity contribution in [3.05, 3.63) is 28.2 Å². The maximum absolute atomic E-state index is 12.4. The van der Waals surface area contributed by atoms with Gasteiger partial charge < -0.3 is 9.84 Å². The van der Waals surface area contributed by atoms with E-state index in [1.807, 2.05) is 6.07 Å². The Morgan fingerprint density at radius 3 is 2.76 bits per heavy atom. The molecule has 0 aliphatic heterocycles. The summed E-state index contributed by atoms with van der Waals surface area (Å²) in [5, 5.41) is 9.00. The maximum Gasteiger partial charge on any atom is 0.176 e. The highest BCUT2D eigenvalue weighted by molar-refractivity contribution is 9.10. The number of aliphatic hydroxyl groups excluding tert-OH is 1. The molecule has 1 aromatic rings. The minimum atomic E-state index is 0.114. The number of carbonyl (C=O) groups excluding carboxylic acids is 1. The molecule has 4 nitrogen and oxygen atoms in total. The van der Waals surface area contributed by atoms with E-state index in [4.69, 9.17) is 9.84 Å². The lowest BCUT2D eigenvalue weighted by molar-refractivity contribution is 0.0788. The molecule has 1 aromatic carbocycles. The zero-order valence-corrected chi connectivity index (χ0v) is 13.9. The zero-order valence-electron chi connectivity index (χ0n) is 12.3. The van der Waals surface area contributed by atoms with Crippen LogP contribution < -0.4 is 4.74 Å². The topological polar surface area (TPSA) is 49.8 Å². The van der Waals surface area contributed by atoms with Gasteiger partial charge in [-0.2, -0.15) is 0 Å². The van der Waals surface area contributed by atoms with Crippen LogP contribution >= 0.6 is 15.9 Å². The Hall–Kier alpha value is -0.910. The van der Waals surface area contributed by atoms with Crippen LogP contribution in [0.4, 0.5) is 0 Å². The van der Waals surface area contributed by atoms with E-state index in [0.29, 0.717) is 18.2 Å². The Balaban J connectivity index is 2.02. The van der Waals surface area contributed by atoms with Crippen LogP contribution in [-0.2, 0) is 0 Å². The molecule has 21 heavy (non-hydrogen) atoms. The SMILES string of the molecule is COc1ccc(C(=O)CN(CCCO)C2CCC2)cc1Br. The fourth-order valence-electron chi connectivity index (χ4n) is 2.53. The summed E-state index contributed by atoms with van der Waals surface area (Å²) in [6.07, 6.45) is 4.27. The third kappa shape index (κ3) is 4.28. The largest absolute Gasteiger partial charge is 0.496 e. The minimum absolute atomic E-state index is 0.114. The third-order valence-electron chi connectivity index (χ3n) is 4.02. The van der Waals surface area contributed by atoms with E-state index in [1.165, 1.54) is 6.42 Å². The molecule has 0 amide bonds. The van der Waals surface area contributed by atoms with Crippen molar-refractivity contribution in [3.8, 4) is 5.75 Å². The number of hydrogen-bond acceptors (Lipinski definition) is 4. The molecule has 0 radical (unpaired) electrons. The fraction of sp³-hybridized carbons (Fsp3) is 0.562. The van der Waals surface area contributed by atoms with Crippen LogP contribution in [0.1, 0.15) is 36.0 Å². The summed E-state index contributed by atoms with van der Waals surface area (Å²) < 4.78 is 5.98. The Bertz CT molecular complexity index is 488. The lowest BCUT2D eigenvalue weighted by Crippen LogP contribution is -2.43. The van der Waals surface area contributed by atoms with Crippen LogP contribution in [0.3, 0.4) is 0 Å². The van der Waals surface area contributed by atoms with E-state index < -0.39 is 0 Å². The van der Waals surface area contributed by atoms with Crippen molar-refractivity contribution in [2.24, 2.45) is 0 Å². The van der Waals surface area contributed by atoms with Gasteiger partial charge in [0.1, 0.15) is 5.75 Å². The van der Waals surface area contributed by atoms with Crippen molar-refractivity contribution < 1.29 is 14.6 Å². The second kappa shape index (κ2) is 7.92. The summed E-state index contributed by atoms with van der Waals surface area (Å²) in [7, 11) is 1.61. The normalized spacial score (nSPS) is 15.0. The number of hydrogen-bond donors (Lipinski definition) is 1. The second-order valence-corrected chi connectivity index (χ2v) is 6.26. The highest BCUT2D eigenvalue weighted by Crippen LogP contribution is 2.27. The van der Waals surface area contributed by atoms with Gasteiger partial charge in [-0.05, 0) is 53.4 Å². The average Bonchev–Trinajstić information content (AvgIpc) is 2.42. The molecule has 5 heteroatoms. The Kier molecular flexibility index (Phi) is 6.21. The van der Waals surface area contributed by atoms with Crippen LogP contribution in [0.2, 0.25) is 0 Å². The van der Waals surface area contributed by atoms with Crippen LogP contribution in [0.25, 0.3) is 0 Å². The number of methoxy groups -OCH3 is 1. The van der Waals surface area contributed by atoms with Crippen molar-refractivity contribution in [2.75, 3.05) is 26.8 Å². The molecule has 116 valence electrons. The molecule has 1 N–H and O–H groups in total. The molecular weight excluding hydrogens is 334 g/mol. The molecule has 1 aliphatic rings. The van der Waals surface area contributed by atoms with Crippen molar-refractivity contribution in [3.63, 3.8) is 0 Å². The maximum atomic E-state index is 12.4. The molecule has 0 heterocycles. The van der Waals surface area contributed by atoms with E-state index in [-0.39, 0.29) is 12.4 Å². The lowest BCUT2D eigenvalue weighted by Gasteiger charge is -2.37. The van der Waals surface area contributed by atoms with Crippen LogP contribution in [0.15, 0.2) is 22.7 Å². The van der Waals surface area contributed by atoms with E-state index in [0.717, 1.165) is 36.0 Å². The van der Waals surface area contributed by atoms with E-state index in [9.17, 15) is 4.79 Å². The first-order chi connectivity index (χ1) is 10.2. The smallest absolute Gasteiger partial charge is 0.176 e. The molecule has 2 rings (SSSR count). The molecule has 0 spiro atoms. The van der Waals surface area contributed by atoms with Crippen molar-refractivity contribution in [2.45, 2.75) is 31.7 Å². The number of nitrogens with zero attached hydrogens (tertiary/aromatic N) is 1.